The number of nitrogens with zero attached hydrogens (tertiary/aromatic N) is 3. The van der Waals surface area contributed by atoms with E-state index in [-0.39, 0.29) is 0 Å². The minimum atomic E-state index is -0.994. The second-order valence-corrected chi connectivity index (χ2v) is 8.49. The number of nitrogens with two attached hydrogens (primary N) is 1. The van der Waals surface area contributed by atoms with E-state index in [1.54, 1.807) is 19.1 Å². The van der Waals surface area contributed by atoms with Gasteiger partial charge >= 0.3 is 0 Å². The van der Waals surface area contributed by atoms with Crippen LogP contribution in [0.15, 0.2) is 24.3 Å². The van der Waals surface area contributed by atoms with Crippen LogP contribution >= 0.6 is 23.2 Å². The van der Waals surface area contributed by atoms with Crippen molar-refractivity contribution in [1.82, 2.24) is 14.9 Å². The smallest absolute Gasteiger partial charge is 0.227 e. The zero-order valence-corrected chi connectivity index (χ0v) is 18.6. The van der Waals surface area contributed by atoms with Crippen LogP contribution in [0.25, 0.3) is 0 Å². The molecular weight excluding hydrogens is 409 g/mol. The maximum absolute atomic E-state index is 6.38. The first kappa shape index (κ1) is 21.9. The van der Waals surface area contributed by atoms with Gasteiger partial charge in [0, 0.05) is 30.0 Å². The molecule has 1 aliphatic heterocycles. The maximum atomic E-state index is 6.38. The standard InChI is InChI=1S/C20H29Cl2N7/c1-4-29-9-5-6-15(12-29)25-18-10-13(2)24-19(26-18)28-20(3,23)27-14-7-8-16(21)17(22)11-14/h7-8,10-11,15,27H,4-6,9,12,23H2,1-3H3,(H2,24,25,26,28). The van der Waals surface area contributed by atoms with Crippen molar-refractivity contribution < 1.29 is 0 Å². The summed E-state index contributed by atoms with van der Waals surface area (Å²) in [6, 6.07) is 7.59. The monoisotopic (exact) mass is 437 g/mol. The van der Waals surface area contributed by atoms with Crippen molar-refractivity contribution in [2.24, 2.45) is 5.73 Å². The van der Waals surface area contributed by atoms with Gasteiger partial charge in [0.1, 0.15) is 5.82 Å². The molecule has 0 bridgehead atoms. The van der Waals surface area contributed by atoms with E-state index >= 15 is 0 Å². The molecular formula is C20H29Cl2N7. The lowest BCUT2D eigenvalue weighted by molar-refractivity contribution is 0.226. The molecule has 1 aromatic heterocycles. The molecule has 7 nitrogen and oxygen atoms in total. The molecule has 158 valence electrons. The first-order valence-electron chi connectivity index (χ1n) is 9.89. The SMILES string of the molecule is CCN1CCCC(Nc2cc(C)nc(NC(C)(N)Nc3ccc(Cl)c(Cl)c3)n2)C1. The van der Waals surface area contributed by atoms with Crippen molar-refractivity contribution in [3.05, 3.63) is 40.0 Å². The van der Waals surface area contributed by atoms with Crippen molar-refractivity contribution in [2.45, 2.75) is 45.4 Å². The molecule has 0 amide bonds. The highest BCUT2D eigenvalue weighted by atomic mass is 35.5. The summed E-state index contributed by atoms with van der Waals surface area (Å²) in [5.41, 5.74) is 7.98. The summed E-state index contributed by atoms with van der Waals surface area (Å²) < 4.78 is 0. The van der Waals surface area contributed by atoms with Gasteiger partial charge in [0.2, 0.25) is 5.95 Å². The van der Waals surface area contributed by atoms with Crippen LogP contribution in [0.4, 0.5) is 17.5 Å². The maximum Gasteiger partial charge on any atom is 0.227 e. The lowest BCUT2D eigenvalue weighted by atomic mass is 10.1. The molecule has 5 N–H and O–H groups in total. The predicted octanol–water partition coefficient (Wildman–Crippen LogP) is 4.14. The fourth-order valence-electron chi connectivity index (χ4n) is 3.51. The first-order chi connectivity index (χ1) is 13.7. The molecule has 0 saturated carbocycles. The molecule has 1 fully saturated rings. The van der Waals surface area contributed by atoms with Crippen LogP contribution in [-0.4, -0.2) is 46.3 Å². The summed E-state index contributed by atoms with van der Waals surface area (Å²) in [6.07, 6.45) is 2.32. The fourth-order valence-corrected chi connectivity index (χ4v) is 3.80. The van der Waals surface area contributed by atoms with Gasteiger partial charge in [0.15, 0.2) is 5.79 Å². The number of nitrogens with one attached hydrogen (secondary N) is 3. The Balaban J connectivity index is 1.69. The summed E-state index contributed by atoms with van der Waals surface area (Å²) in [4.78, 5) is 11.5. The van der Waals surface area contributed by atoms with Gasteiger partial charge < -0.3 is 20.9 Å². The Kier molecular flexibility index (Phi) is 7.05. The zero-order valence-electron chi connectivity index (χ0n) is 17.1. The second kappa shape index (κ2) is 9.34. The minimum Gasteiger partial charge on any atom is -0.366 e. The Labute approximate surface area is 182 Å². The topological polar surface area (TPSA) is 91.1 Å². The van der Waals surface area contributed by atoms with E-state index in [4.69, 9.17) is 28.9 Å². The van der Waals surface area contributed by atoms with Crippen LogP contribution in [0.3, 0.4) is 0 Å². The van der Waals surface area contributed by atoms with Crippen molar-refractivity contribution in [3.63, 3.8) is 0 Å². The summed E-state index contributed by atoms with van der Waals surface area (Å²) in [5, 5.41) is 10.8. The molecule has 0 spiro atoms. The van der Waals surface area contributed by atoms with E-state index in [1.165, 1.54) is 6.42 Å². The number of aromatic nitrogens is 2. The average molecular weight is 438 g/mol. The molecule has 1 saturated heterocycles. The largest absolute Gasteiger partial charge is 0.366 e. The molecule has 9 heteroatoms. The third kappa shape index (κ3) is 6.34. The Morgan fingerprint density at radius 2 is 2.00 bits per heavy atom. The number of benzene rings is 1. The number of likely N-dealkylation sites (tertiary alicyclic amines) is 1. The van der Waals surface area contributed by atoms with Gasteiger partial charge in [-0.2, -0.15) is 4.98 Å². The van der Waals surface area contributed by atoms with Gasteiger partial charge in [-0.05, 0) is 58.0 Å². The number of hydrogen-bond acceptors (Lipinski definition) is 7. The highest BCUT2D eigenvalue weighted by Gasteiger charge is 2.22. The van der Waals surface area contributed by atoms with Crippen LogP contribution in [0.1, 0.15) is 32.4 Å². The Bertz CT molecular complexity index is 844. The Morgan fingerprint density at radius 1 is 1.21 bits per heavy atom. The number of piperidine rings is 1. The lowest BCUT2D eigenvalue weighted by Crippen LogP contribution is -2.52. The molecule has 0 aliphatic carbocycles. The highest BCUT2D eigenvalue weighted by Crippen LogP contribution is 2.26. The second-order valence-electron chi connectivity index (χ2n) is 7.68. The van der Waals surface area contributed by atoms with E-state index in [9.17, 15) is 0 Å². The molecule has 1 aromatic carbocycles. The molecule has 2 unspecified atom stereocenters. The van der Waals surface area contributed by atoms with Crippen LogP contribution in [0.2, 0.25) is 10.0 Å². The van der Waals surface area contributed by atoms with E-state index in [0.29, 0.717) is 22.0 Å². The molecule has 2 atom stereocenters. The molecule has 2 heterocycles. The van der Waals surface area contributed by atoms with Crippen LogP contribution < -0.4 is 21.7 Å². The predicted molar refractivity (Wildman–Crippen MR) is 122 cm³/mol. The van der Waals surface area contributed by atoms with Crippen molar-refractivity contribution >= 4 is 40.7 Å². The van der Waals surface area contributed by atoms with E-state index in [1.807, 2.05) is 19.1 Å². The van der Waals surface area contributed by atoms with Crippen LogP contribution in [0, 0.1) is 6.92 Å². The number of halogens is 2. The molecule has 3 rings (SSSR count). The van der Waals surface area contributed by atoms with Crippen molar-refractivity contribution in [2.75, 3.05) is 35.6 Å². The van der Waals surface area contributed by atoms with Gasteiger partial charge in [-0.15, -0.1) is 0 Å². The molecule has 0 radical (unpaired) electrons. The summed E-state index contributed by atoms with van der Waals surface area (Å²) in [7, 11) is 0. The summed E-state index contributed by atoms with van der Waals surface area (Å²) >= 11 is 12.1. The number of likely N-dealkylation sites (N-methyl/N-ethyl adjacent to an activating group) is 1. The lowest BCUT2D eigenvalue weighted by Gasteiger charge is -2.33. The van der Waals surface area contributed by atoms with Gasteiger partial charge in [-0.25, -0.2) is 4.98 Å². The van der Waals surface area contributed by atoms with Gasteiger partial charge in [0.25, 0.3) is 0 Å². The fraction of sp³-hybridized carbons (Fsp3) is 0.500. The number of aryl methyl sites for hydroxylation is 1. The normalized spacial score (nSPS) is 19.4. The van der Waals surface area contributed by atoms with E-state index in [2.05, 4.69) is 37.7 Å². The highest BCUT2D eigenvalue weighted by molar-refractivity contribution is 6.42. The molecule has 1 aliphatic rings. The number of rotatable bonds is 7. The Morgan fingerprint density at radius 3 is 2.72 bits per heavy atom. The van der Waals surface area contributed by atoms with Gasteiger partial charge in [-0.3, -0.25) is 5.73 Å². The van der Waals surface area contributed by atoms with Crippen molar-refractivity contribution in [1.29, 1.82) is 0 Å². The summed E-state index contributed by atoms with van der Waals surface area (Å²) in [6.45, 7) is 9.19. The molecule has 29 heavy (non-hydrogen) atoms. The Hall–Kier alpha value is -1.80. The third-order valence-electron chi connectivity index (χ3n) is 4.85. The zero-order chi connectivity index (χ0) is 21.0. The van der Waals surface area contributed by atoms with Crippen molar-refractivity contribution in [3.8, 4) is 0 Å². The van der Waals surface area contributed by atoms with Crippen LogP contribution in [0.5, 0.6) is 0 Å². The first-order valence-corrected chi connectivity index (χ1v) is 10.6. The number of hydrogen-bond donors (Lipinski definition) is 4. The quantitative estimate of drug-likeness (QED) is 0.483. The molecule has 2 aromatic rings. The third-order valence-corrected chi connectivity index (χ3v) is 5.59. The van der Waals surface area contributed by atoms with E-state index < -0.39 is 5.79 Å². The number of anilines is 3. The summed E-state index contributed by atoms with van der Waals surface area (Å²) in [5.74, 6) is 0.257. The van der Waals surface area contributed by atoms with Crippen LogP contribution in [-0.2, 0) is 0 Å². The van der Waals surface area contributed by atoms with Gasteiger partial charge in [-0.1, -0.05) is 30.1 Å². The average Bonchev–Trinajstić information content (AvgIpc) is 2.63. The minimum absolute atomic E-state index is 0.379. The van der Waals surface area contributed by atoms with Gasteiger partial charge in [0.05, 0.1) is 10.0 Å². The van der Waals surface area contributed by atoms with E-state index in [0.717, 1.165) is 43.3 Å².